The highest BCUT2D eigenvalue weighted by molar-refractivity contribution is 7.12. The monoisotopic (exact) mass is 382 g/mol. The zero-order valence-electron chi connectivity index (χ0n) is 15.7. The summed E-state index contributed by atoms with van der Waals surface area (Å²) in [7, 11) is 3.72. The molecule has 3 rings (SSSR count). The number of carbonyl (C=O) groups is 1. The van der Waals surface area contributed by atoms with E-state index in [1.165, 1.54) is 11.3 Å². The summed E-state index contributed by atoms with van der Waals surface area (Å²) in [6.45, 7) is 2.75. The largest absolute Gasteiger partial charge is 0.387 e. The van der Waals surface area contributed by atoms with E-state index in [0.717, 1.165) is 46.3 Å². The van der Waals surface area contributed by atoms with Crippen LogP contribution < -0.4 is 10.6 Å². The van der Waals surface area contributed by atoms with Gasteiger partial charge in [-0.25, -0.2) is 4.39 Å². The maximum Gasteiger partial charge on any atom is 0.160 e. The topological polar surface area (TPSA) is 41.1 Å². The first-order chi connectivity index (χ1) is 13.1. The maximum absolute atomic E-state index is 14.6. The van der Waals surface area contributed by atoms with E-state index in [4.69, 9.17) is 0 Å². The summed E-state index contributed by atoms with van der Waals surface area (Å²) < 4.78 is 14.6. The molecule has 0 fully saturated rings. The fraction of sp³-hybridized carbons (Fsp3) is 0.227. The Balaban J connectivity index is 2.19. The van der Waals surface area contributed by atoms with Crippen molar-refractivity contribution in [3.05, 3.63) is 63.6 Å². The molecule has 1 heterocycles. The van der Waals surface area contributed by atoms with Crippen LogP contribution in [0.5, 0.6) is 0 Å². The minimum atomic E-state index is -0.207. The highest BCUT2D eigenvalue weighted by atomic mass is 32.1. The van der Waals surface area contributed by atoms with E-state index in [-0.39, 0.29) is 5.82 Å². The third-order valence-corrected chi connectivity index (χ3v) is 5.59. The lowest BCUT2D eigenvalue weighted by Crippen LogP contribution is -2.11. The summed E-state index contributed by atoms with van der Waals surface area (Å²) in [5, 5.41) is 8.21. The molecule has 3 aromatic rings. The van der Waals surface area contributed by atoms with Crippen molar-refractivity contribution < 1.29 is 9.18 Å². The average molecular weight is 383 g/mol. The molecule has 2 N–H and O–H groups in total. The molecular formula is C22H23FN2OS. The molecular weight excluding hydrogens is 359 g/mol. The van der Waals surface area contributed by atoms with Gasteiger partial charge in [-0.2, -0.15) is 0 Å². The smallest absolute Gasteiger partial charge is 0.160 e. The molecule has 27 heavy (non-hydrogen) atoms. The molecule has 0 unspecified atom stereocenters. The minimum Gasteiger partial charge on any atom is -0.387 e. The van der Waals surface area contributed by atoms with Crippen LogP contribution in [0.2, 0.25) is 0 Å². The highest BCUT2D eigenvalue weighted by Crippen LogP contribution is 2.42. The predicted octanol–water partition coefficient (Wildman–Crippen LogP) is 5.15. The van der Waals surface area contributed by atoms with Gasteiger partial charge in [0.05, 0.1) is 4.88 Å². The average Bonchev–Trinajstić information content (AvgIpc) is 3.15. The van der Waals surface area contributed by atoms with E-state index in [0.29, 0.717) is 16.9 Å². The van der Waals surface area contributed by atoms with Crippen LogP contribution >= 0.6 is 11.3 Å². The summed E-state index contributed by atoms with van der Waals surface area (Å²) >= 11 is 1.41. The number of hydrogen-bond acceptors (Lipinski definition) is 4. The molecule has 0 saturated carbocycles. The van der Waals surface area contributed by atoms with Crippen LogP contribution in [0.15, 0.2) is 41.8 Å². The number of aldehydes is 1. The van der Waals surface area contributed by atoms with E-state index in [1.54, 1.807) is 6.07 Å². The summed E-state index contributed by atoms with van der Waals surface area (Å²) in [6.07, 6.45) is 1.53. The Morgan fingerprint density at radius 1 is 1.11 bits per heavy atom. The number of rotatable bonds is 7. The van der Waals surface area contributed by atoms with Crippen molar-refractivity contribution in [2.75, 3.05) is 26.0 Å². The molecule has 0 aliphatic heterocycles. The van der Waals surface area contributed by atoms with Gasteiger partial charge in [-0.3, -0.25) is 4.79 Å². The molecule has 3 nitrogen and oxygen atoms in total. The van der Waals surface area contributed by atoms with Crippen LogP contribution in [-0.2, 0) is 6.42 Å². The third kappa shape index (κ3) is 3.80. The van der Waals surface area contributed by atoms with Gasteiger partial charge >= 0.3 is 0 Å². The summed E-state index contributed by atoms with van der Waals surface area (Å²) in [4.78, 5) is 12.2. The summed E-state index contributed by atoms with van der Waals surface area (Å²) in [6, 6.07) is 11.4. The number of anilines is 1. The van der Waals surface area contributed by atoms with Gasteiger partial charge in [0.15, 0.2) is 6.29 Å². The van der Waals surface area contributed by atoms with Crippen LogP contribution in [0, 0.1) is 12.7 Å². The second-order valence-electron chi connectivity index (χ2n) is 6.41. The molecule has 140 valence electrons. The van der Waals surface area contributed by atoms with Crippen molar-refractivity contribution in [2.45, 2.75) is 13.3 Å². The lowest BCUT2D eigenvalue weighted by molar-refractivity contribution is 0.112. The van der Waals surface area contributed by atoms with Gasteiger partial charge in [-0.15, -0.1) is 11.3 Å². The molecule has 0 amide bonds. The van der Waals surface area contributed by atoms with Crippen LogP contribution in [0.1, 0.15) is 20.8 Å². The quantitative estimate of drug-likeness (QED) is 0.556. The van der Waals surface area contributed by atoms with Gasteiger partial charge in [-0.1, -0.05) is 24.3 Å². The van der Waals surface area contributed by atoms with Crippen molar-refractivity contribution in [3.8, 4) is 22.3 Å². The van der Waals surface area contributed by atoms with E-state index in [9.17, 15) is 9.18 Å². The first-order valence-corrected chi connectivity index (χ1v) is 9.76. The zero-order chi connectivity index (χ0) is 19.4. The van der Waals surface area contributed by atoms with Gasteiger partial charge in [0, 0.05) is 23.9 Å². The van der Waals surface area contributed by atoms with Gasteiger partial charge in [0.2, 0.25) is 0 Å². The number of hydrogen-bond donors (Lipinski definition) is 2. The Hall–Kier alpha value is -2.50. The molecule has 0 bridgehead atoms. The molecule has 0 spiro atoms. The fourth-order valence-corrected chi connectivity index (χ4v) is 4.05. The van der Waals surface area contributed by atoms with Gasteiger partial charge in [0.1, 0.15) is 5.82 Å². The molecule has 0 saturated heterocycles. The van der Waals surface area contributed by atoms with Crippen LogP contribution in [0.25, 0.3) is 22.3 Å². The van der Waals surface area contributed by atoms with Gasteiger partial charge in [0.25, 0.3) is 0 Å². The Labute approximate surface area is 163 Å². The standard InChI is InChI=1S/C22H23FN2OS/c1-14-4-7-17(16-6-5-15(8-10-24-2)19(23)12-16)21(22(14)25-3)18-9-11-27-20(18)13-26/h4-7,9,11-13,24-25H,8,10H2,1-3H3. The van der Waals surface area contributed by atoms with Crippen molar-refractivity contribution >= 4 is 23.3 Å². The minimum absolute atomic E-state index is 0.207. The number of thiophene rings is 1. The number of benzene rings is 2. The van der Waals surface area contributed by atoms with Gasteiger partial charge < -0.3 is 10.6 Å². The van der Waals surface area contributed by atoms with Crippen LogP contribution in [0.4, 0.5) is 10.1 Å². The maximum atomic E-state index is 14.6. The van der Waals surface area contributed by atoms with Crippen molar-refractivity contribution in [3.63, 3.8) is 0 Å². The molecule has 5 heteroatoms. The number of carbonyl (C=O) groups excluding carboxylic acids is 1. The summed E-state index contributed by atoms with van der Waals surface area (Å²) in [5.41, 5.74) is 6.24. The Bertz CT molecular complexity index is 965. The van der Waals surface area contributed by atoms with E-state index < -0.39 is 0 Å². The molecule has 2 aromatic carbocycles. The van der Waals surface area contributed by atoms with E-state index in [2.05, 4.69) is 10.6 Å². The van der Waals surface area contributed by atoms with Crippen molar-refractivity contribution in [1.82, 2.24) is 5.32 Å². The lowest BCUT2D eigenvalue weighted by Gasteiger charge is -2.18. The Morgan fingerprint density at radius 2 is 1.93 bits per heavy atom. The molecule has 1 aromatic heterocycles. The normalized spacial score (nSPS) is 10.8. The molecule has 0 aliphatic rings. The Morgan fingerprint density at radius 3 is 2.59 bits per heavy atom. The third-order valence-electron chi connectivity index (χ3n) is 4.74. The number of likely N-dealkylation sites (N-methyl/N-ethyl adjacent to an activating group) is 1. The molecule has 0 atom stereocenters. The van der Waals surface area contributed by atoms with Crippen molar-refractivity contribution in [1.29, 1.82) is 0 Å². The molecule has 0 aliphatic carbocycles. The number of aryl methyl sites for hydroxylation is 1. The summed E-state index contributed by atoms with van der Waals surface area (Å²) in [5.74, 6) is -0.207. The number of nitrogens with one attached hydrogen (secondary N) is 2. The van der Waals surface area contributed by atoms with Crippen molar-refractivity contribution in [2.24, 2.45) is 0 Å². The SMILES string of the molecule is CNCCc1ccc(-c2ccc(C)c(NC)c2-c2ccsc2C=O)cc1F. The van der Waals surface area contributed by atoms with Crippen LogP contribution in [0.3, 0.4) is 0 Å². The van der Waals surface area contributed by atoms with Gasteiger partial charge in [-0.05, 0) is 66.7 Å². The second-order valence-corrected chi connectivity index (χ2v) is 7.35. The highest BCUT2D eigenvalue weighted by Gasteiger charge is 2.18. The first-order valence-electron chi connectivity index (χ1n) is 8.88. The van der Waals surface area contributed by atoms with Crippen LogP contribution in [-0.4, -0.2) is 26.9 Å². The second kappa shape index (κ2) is 8.46. The van der Waals surface area contributed by atoms with E-state index in [1.807, 2.05) is 56.7 Å². The zero-order valence-corrected chi connectivity index (χ0v) is 16.5. The molecule has 0 radical (unpaired) electrons. The van der Waals surface area contributed by atoms with E-state index >= 15 is 0 Å². The Kier molecular flexibility index (Phi) is 6.04. The predicted molar refractivity (Wildman–Crippen MR) is 112 cm³/mol. The lowest BCUT2D eigenvalue weighted by atomic mass is 9.90. The number of halogens is 1. The first kappa shape index (κ1) is 19.3. The fourth-order valence-electron chi connectivity index (χ4n) is 3.35.